The lowest BCUT2D eigenvalue weighted by Crippen LogP contribution is -2.41. The van der Waals surface area contributed by atoms with Gasteiger partial charge in [0.25, 0.3) is 0 Å². The van der Waals surface area contributed by atoms with Gasteiger partial charge in [0.05, 0.1) is 36.9 Å². The van der Waals surface area contributed by atoms with Gasteiger partial charge in [0.1, 0.15) is 11.4 Å². The maximum atomic E-state index is 15.6. The predicted molar refractivity (Wildman–Crippen MR) is 164 cm³/mol. The number of ether oxygens (including phenoxy) is 2. The maximum absolute atomic E-state index is 15.6. The number of morpholine rings is 1. The normalized spacial score (nSPS) is 17.0. The van der Waals surface area contributed by atoms with Crippen molar-refractivity contribution in [2.45, 2.75) is 84.5 Å². The van der Waals surface area contributed by atoms with Crippen molar-refractivity contribution in [1.82, 2.24) is 19.5 Å². The zero-order valence-corrected chi connectivity index (χ0v) is 26.2. The van der Waals surface area contributed by atoms with Crippen molar-refractivity contribution >= 4 is 23.2 Å². The summed E-state index contributed by atoms with van der Waals surface area (Å²) in [5.74, 6) is 0.478. The van der Waals surface area contributed by atoms with Gasteiger partial charge in [-0.1, -0.05) is 12.1 Å². The molecule has 1 aromatic carbocycles. The van der Waals surface area contributed by atoms with Crippen molar-refractivity contribution in [2.75, 3.05) is 49.6 Å². The first-order chi connectivity index (χ1) is 20.3. The third-order valence-corrected chi connectivity index (χ3v) is 7.80. The molecular weight excluding hydrogens is 551 g/mol. The largest absolute Gasteiger partial charge is 0.444 e. The molecule has 0 atom stereocenters. The summed E-state index contributed by atoms with van der Waals surface area (Å²) in [6, 6.07) is 7.18. The van der Waals surface area contributed by atoms with E-state index in [0.717, 1.165) is 35.9 Å². The van der Waals surface area contributed by atoms with Gasteiger partial charge in [0.2, 0.25) is 0 Å². The van der Waals surface area contributed by atoms with Gasteiger partial charge in [0.15, 0.2) is 11.5 Å². The second-order valence-corrected chi connectivity index (χ2v) is 13.5. The Hall–Kier alpha value is -3.44. The number of likely N-dealkylation sites (tertiary alicyclic amines) is 1. The van der Waals surface area contributed by atoms with Crippen LogP contribution >= 0.6 is 0 Å². The van der Waals surface area contributed by atoms with Crippen molar-refractivity contribution in [3.05, 3.63) is 52.6 Å². The number of aliphatic hydroxyl groups is 1. The molecule has 4 heterocycles. The summed E-state index contributed by atoms with van der Waals surface area (Å²) in [5.41, 5.74) is 3.36. The number of nitrogens with zero attached hydrogens (tertiary/aromatic N) is 5. The van der Waals surface area contributed by atoms with Crippen molar-refractivity contribution in [3.63, 3.8) is 0 Å². The molecule has 0 radical (unpaired) electrons. The second-order valence-electron chi connectivity index (χ2n) is 13.5. The molecule has 2 N–H and O–H groups in total. The lowest BCUT2D eigenvalue weighted by Gasteiger charge is -2.34. The number of aliphatic hydroxyl groups excluding tert-OH is 1. The Morgan fingerprint density at radius 2 is 1.81 bits per heavy atom. The molecule has 43 heavy (non-hydrogen) atoms. The zero-order valence-electron chi connectivity index (χ0n) is 26.2. The van der Waals surface area contributed by atoms with E-state index in [1.165, 1.54) is 6.07 Å². The third kappa shape index (κ3) is 7.21. The molecule has 0 aliphatic carbocycles. The van der Waals surface area contributed by atoms with Gasteiger partial charge >= 0.3 is 6.09 Å². The molecule has 3 aromatic rings. The molecule has 0 bridgehead atoms. The van der Waals surface area contributed by atoms with Crippen LogP contribution in [0.3, 0.4) is 0 Å². The summed E-state index contributed by atoms with van der Waals surface area (Å²) in [5, 5.41) is 19.0. The molecule has 0 unspecified atom stereocenters. The minimum absolute atomic E-state index is 0.0540. The fourth-order valence-electron chi connectivity index (χ4n) is 5.89. The highest BCUT2D eigenvalue weighted by Gasteiger charge is 2.31. The molecule has 11 heteroatoms. The molecule has 234 valence electrons. The molecule has 0 saturated carbocycles. The van der Waals surface area contributed by atoms with E-state index in [1.54, 1.807) is 11.0 Å². The van der Waals surface area contributed by atoms with Crippen molar-refractivity contribution < 1.29 is 23.8 Å². The average Bonchev–Trinajstić information content (AvgIpc) is 3.29. The van der Waals surface area contributed by atoms with Crippen LogP contribution in [0.25, 0.3) is 5.65 Å². The third-order valence-electron chi connectivity index (χ3n) is 7.80. The van der Waals surface area contributed by atoms with E-state index in [-0.39, 0.29) is 30.0 Å². The number of carbonyl (C=O) groups excluding carboxylic acids is 1. The van der Waals surface area contributed by atoms with E-state index in [4.69, 9.17) is 19.6 Å². The zero-order chi connectivity index (χ0) is 30.9. The monoisotopic (exact) mass is 596 g/mol. The Balaban J connectivity index is 1.49. The summed E-state index contributed by atoms with van der Waals surface area (Å²) in [6.45, 7) is 15.2. The molecular formula is C32H45FN6O4. The van der Waals surface area contributed by atoms with Gasteiger partial charge in [-0.25, -0.2) is 18.7 Å². The quantitative estimate of drug-likeness (QED) is 0.405. The van der Waals surface area contributed by atoms with E-state index in [1.807, 2.05) is 37.4 Å². The first-order valence-corrected chi connectivity index (χ1v) is 15.2. The number of piperidine rings is 1. The number of hydrogen-bond donors (Lipinski definition) is 2. The first-order valence-electron chi connectivity index (χ1n) is 15.2. The van der Waals surface area contributed by atoms with Gasteiger partial charge in [-0.3, -0.25) is 0 Å². The van der Waals surface area contributed by atoms with Crippen LogP contribution in [0.2, 0.25) is 0 Å². The lowest BCUT2D eigenvalue weighted by atomic mass is 9.85. The number of hydrogen-bond acceptors (Lipinski definition) is 8. The molecule has 1 amide bonds. The summed E-state index contributed by atoms with van der Waals surface area (Å²) in [7, 11) is 0. The van der Waals surface area contributed by atoms with E-state index >= 15 is 4.39 Å². The number of nitrogens with one attached hydrogen (secondary N) is 1. The van der Waals surface area contributed by atoms with Crippen LogP contribution in [0.4, 0.5) is 20.7 Å². The summed E-state index contributed by atoms with van der Waals surface area (Å²) >= 11 is 0. The fraction of sp³-hybridized carbons (Fsp3) is 0.594. The van der Waals surface area contributed by atoms with Gasteiger partial charge in [-0.15, -0.1) is 5.10 Å². The average molecular weight is 597 g/mol. The number of imidazole rings is 1. The highest BCUT2D eigenvalue weighted by atomic mass is 19.1. The standard InChI is InChI=1S/C32H45FN6O4/c1-31(2,3)35-24-19-27(37-14-16-42-17-15-37)36-39-26(25(20-40)34-29(24)39)18-22-8-7-9-23(33)28(22)21-10-12-38(13-11-21)30(41)43-32(4,5)6/h7-9,19,21,35,40H,10-18,20H2,1-6H3. The van der Waals surface area contributed by atoms with Gasteiger partial charge in [0, 0.05) is 44.2 Å². The molecule has 5 rings (SSSR count). The number of halogens is 1. The van der Waals surface area contributed by atoms with Crippen LogP contribution in [0, 0.1) is 5.82 Å². The minimum atomic E-state index is -0.566. The lowest BCUT2D eigenvalue weighted by molar-refractivity contribution is 0.0204. The van der Waals surface area contributed by atoms with E-state index < -0.39 is 5.60 Å². The van der Waals surface area contributed by atoms with Crippen LogP contribution in [-0.2, 0) is 22.5 Å². The van der Waals surface area contributed by atoms with Gasteiger partial charge < -0.3 is 29.7 Å². The van der Waals surface area contributed by atoms with Crippen LogP contribution in [0.15, 0.2) is 24.3 Å². The highest BCUT2D eigenvalue weighted by Crippen LogP contribution is 2.35. The fourth-order valence-corrected chi connectivity index (χ4v) is 5.89. The van der Waals surface area contributed by atoms with Crippen LogP contribution in [-0.4, -0.2) is 81.2 Å². The number of fused-ring (bicyclic) bond motifs is 1. The molecule has 2 aliphatic rings. The smallest absolute Gasteiger partial charge is 0.410 e. The molecule has 2 fully saturated rings. The summed E-state index contributed by atoms with van der Waals surface area (Å²) in [4.78, 5) is 21.3. The van der Waals surface area contributed by atoms with E-state index in [0.29, 0.717) is 62.5 Å². The van der Waals surface area contributed by atoms with Crippen LogP contribution < -0.4 is 10.2 Å². The number of aromatic nitrogens is 3. The Bertz CT molecular complexity index is 1450. The Labute approximate surface area is 253 Å². The Kier molecular flexibility index (Phi) is 8.85. The minimum Gasteiger partial charge on any atom is -0.444 e. The van der Waals surface area contributed by atoms with Crippen molar-refractivity contribution in [3.8, 4) is 0 Å². The number of anilines is 2. The number of benzene rings is 1. The maximum Gasteiger partial charge on any atom is 0.410 e. The Morgan fingerprint density at radius 1 is 1.12 bits per heavy atom. The summed E-state index contributed by atoms with van der Waals surface area (Å²) < 4.78 is 28.5. The van der Waals surface area contributed by atoms with Crippen molar-refractivity contribution in [2.24, 2.45) is 0 Å². The molecule has 10 nitrogen and oxygen atoms in total. The van der Waals surface area contributed by atoms with Gasteiger partial charge in [-0.05, 0) is 77.5 Å². The number of carbonyl (C=O) groups is 1. The molecule has 2 aromatic heterocycles. The van der Waals surface area contributed by atoms with Crippen LogP contribution in [0.5, 0.6) is 0 Å². The van der Waals surface area contributed by atoms with Crippen LogP contribution in [0.1, 0.15) is 82.8 Å². The number of amides is 1. The topological polar surface area (TPSA) is 104 Å². The second kappa shape index (κ2) is 12.3. The predicted octanol–water partition coefficient (Wildman–Crippen LogP) is 5.11. The first kappa shape index (κ1) is 31.0. The Morgan fingerprint density at radius 3 is 2.44 bits per heavy atom. The molecule has 0 spiro atoms. The molecule has 2 saturated heterocycles. The SMILES string of the molecule is CC(C)(C)Nc1cc(N2CCOCC2)nn2c(Cc3cccc(F)c3C3CCN(C(=O)OC(C)(C)C)CC3)c(CO)nc12. The van der Waals surface area contributed by atoms with E-state index in [9.17, 15) is 9.90 Å². The highest BCUT2D eigenvalue weighted by molar-refractivity contribution is 5.72. The van der Waals surface area contributed by atoms with E-state index in [2.05, 4.69) is 31.0 Å². The summed E-state index contributed by atoms with van der Waals surface area (Å²) in [6.07, 6.45) is 1.28. The molecule has 2 aliphatic heterocycles. The van der Waals surface area contributed by atoms with Crippen molar-refractivity contribution in [1.29, 1.82) is 0 Å². The van der Waals surface area contributed by atoms with Gasteiger partial charge in [-0.2, -0.15) is 0 Å². The number of rotatable bonds is 6.